The van der Waals surface area contributed by atoms with Gasteiger partial charge in [0, 0.05) is 16.5 Å². The summed E-state index contributed by atoms with van der Waals surface area (Å²) in [6.45, 7) is 5.88. The highest BCUT2D eigenvalue weighted by Crippen LogP contribution is 2.33. The Labute approximate surface area is 149 Å². The molecule has 0 bridgehead atoms. The first-order chi connectivity index (χ1) is 11.5. The van der Waals surface area contributed by atoms with Gasteiger partial charge in [-0.25, -0.2) is 15.0 Å². The Balaban J connectivity index is 1.91. The van der Waals surface area contributed by atoms with Crippen molar-refractivity contribution >= 4 is 33.9 Å². The number of aryl methyl sites for hydroxylation is 3. The van der Waals surface area contributed by atoms with Crippen molar-refractivity contribution in [3.05, 3.63) is 45.7 Å². The minimum atomic E-state index is 0.407. The lowest BCUT2D eigenvalue weighted by molar-refractivity contribution is 0.412. The van der Waals surface area contributed by atoms with Crippen molar-refractivity contribution < 1.29 is 4.74 Å². The van der Waals surface area contributed by atoms with E-state index in [9.17, 15) is 0 Å². The molecule has 2 heterocycles. The van der Waals surface area contributed by atoms with Crippen molar-refractivity contribution in [2.24, 2.45) is 0 Å². The van der Waals surface area contributed by atoms with Crippen LogP contribution in [0, 0.1) is 20.8 Å². The lowest BCUT2D eigenvalue weighted by Gasteiger charge is -2.06. The predicted octanol–water partition coefficient (Wildman–Crippen LogP) is 4.93. The van der Waals surface area contributed by atoms with E-state index >= 15 is 0 Å². The van der Waals surface area contributed by atoms with E-state index in [0.717, 1.165) is 32.6 Å². The van der Waals surface area contributed by atoms with E-state index in [-0.39, 0.29) is 0 Å². The van der Waals surface area contributed by atoms with Crippen LogP contribution in [0.3, 0.4) is 0 Å². The molecule has 0 aliphatic rings. The van der Waals surface area contributed by atoms with Gasteiger partial charge in [0.1, 0.15) is 22.5 Å². The van der Waals surface area contributed by atoms with Crippen LogP contribution < -0.4 is 10.1 Å². The molecule has 3 rings (SSSR count). The number of nitrogens with one attached hydrogen (secondary N) is 1. The monoisotopic (exact) mass is 360 g/mol. The molecule has 0 atom stereocenters. The molecule has 5 nitrogen and oxygen atoms in total. The van der Waals surface area contributed by atoms with Crippen LogP contribution in [0.2, 0.25) is 5.15 Å². The first-order valence-electron chi connectivity index (χ1n) is 7.37. The van der Waals surface area contributed by atoms with Crippen molar-refractivity contribution in [2.75, 3.05) is 12.4 Å². The maximum Gasteiger partial charge on any atom is 0.189 e. The summed E-state index contributed by atoms with van der Waals surface area (Å²) in [4.78, 5) is 14.2. The molecule has 0 aliphatic carbocycles. The normalized spacial score (nSPS) is 10.7. The second kappa shape index (κ2) is 6.75. The average Bonchev–Trinajstić information content (AvgIpc) is 2.86. The van der Waals surface area contributed by atoms with E-state index in [1.807, 2.05) is 19.1 Å². The highest BCUT2D eigenvalue weighted by molar-refractivity contribution is 7.16. The minimum absolute atomic E-state index is 0.407. The zero-order chi connectivity index (χ0) is 17.3. The molecule has 0 amide bonds. The number of hydrogen-bond donors (Lipinski definition) is 1. The summed E-state index contributed by atoms with van der Waals surface area (Å²) < 4.78 is 5.32. The largest absolute Gasteiger partial charge is 0.496 e. The second-order valence-corrected chi connectivity index (χ2v) is 6.95. The number of thiazole rings is 1. The molecule has 1 N–H and O–H groups in total. The molecule has 0 saturated heterocycles. The lowest BCUT2D eigenvalue weighted by atomic mass is 10.1. The highest BCUT2D eigenvalue weighted by Gasteiger charge is 2.12. The van der Waals surface area contributed by atoms with E-state index in [1.54, 1.807) is 31.4 Å². The zero-order valence-corrected chi connectivity index (χ0v) is 15.4. The Bertz CT molecular complexity index is 874. The number of anilines is 2. The number of halogens is 1. The molecular formula is C17H17ClN4OS. The predicted molar refractivity (Wildman–Crippen MR) is 98.6 cm³/mol. The van der Waals surface area contributed by atoms with Crippen LogP contribution in [0.15, 0.2) is 24.3 Å². The van der Waals surface area contributed by atoms with Crippen LogP contribution in [0.4, 0.5) is 10.9 Å². The molecule has 2 aromatic heterocycles. The van der Waals surface area contributed by atoms with Crippen LogP contribution >= 0.6 is 22.9 Å². The van der Waals surface area contributed by atoms with Crippen molar-refractivity contribution in [1.29, 1.82) is 0 Å². The summed E-state index contributed by atoms with van der Waals surface area (Å²) in [5.41, 5.74) is 3.09. The van der Waals surface area contributed by atoms with Gasteiger partial charge in [-0.2, -0.15) is 0 Å². The van der Waals surface area contributed by atoms with Crippen molar-refractivity contribution in [2.45, 2.75) is 20.8 Å². The van der Waals surface area contributed by atoms with Crippen molar-refractivity contribution in [3.8, 4) is 17.0 Å². The van der Waals surface area contributed by atoms with Gasteiger partial charge in [0.2, 0.25) is 0 Å². The summed E-state index contributed by atoms with van der Waals surface area (Å²) >= 11 is 7.55. The summed E-state index contributed by atoms with van der Waals surface area (Å²) in [6, 6.07) is 7.74. The molecule has 0 fully saturated rings. The van der Waals surface area contributed by atoms with E-state index in [4.69, 9.17) is 21.3 Å². The van der Waals surface area contributed by atoms with Gasteiger partial charge < -0.3 is 10.1 Å². The number of aromatic nitrogens is 3. The number of methoxy groups -OCH3 is 1. The highest BCUT2D eigenvalue weighted by atomic mass is 35.5. The quantitative estimate of drug-likeness (QED) is 0.668. The fourth-order valence-corrected chi connectivity index (χ4v) is 3.52. The van der Waals surface area contributed by atoms with Crippen LogP contribution in [-0.4, -0.2) is 22.1 Å². The lowest BCUT2D eigenvalue weighted by Crippen LogP contribution is -1.97. The standard InChI is InChI=1S/C17H17ClN4OS/c1-9-7-12(5-6-13(9)23-4)16-10(2)24-17(22-16)21-15-8-14(18)19-11(3)20-15/h5-8H,1-4H3,(H,19,20,21,22). The van der Waals surface area contributed by atoms with Gasteiger partial charge in [-0.05, 0) is 44.5 Å². The second-order valence-electron chi connectivity index (χ2n) is 5.36. The molecule has 7 heteroatoms. The van der Waals surface area contributed by atoms with E-state index in [0.29, 0.717) is 16.8 Å². The third-order valence-electron chi connectivity index (χ3n) is 3.51. The summed E-state index contributed by atoms with van der Waals surface area (Å²) in [6.07, 6.45) is 0. The summed E-state index contributed by atoms with van der Waals surface area (Å²) in [5, 5.41) is 4.38. The molecule has 124 valence electrons. The molecule has 0 radical (unpaired) electrons. The SMILES string of the molecule is COc1ccc(-c2nc(Nc3cc(Cl)nc(C)n3)sc2C)cc1C. The fourth-order valence-electron chi connectivity index (χ4n) is 2.45. The van der Waals surface area contributed by atoms with Crippen molar-refractivity contribution in [1.82, 2.24) is 15.0 Å². The maximum atomic E-state index is 5.97. The van der Waals surface area contributed by atoms with Gasteiger partial charge in [0.25, 0.3) is 0 Å². The van der Waals surface area contributed by atoms with Gasteiger partial charge >= 0.3 is 0 Å². The molecule has 0 unspecified atom stereocenters. The van der Waals surface area contributed by atoms with E-state index in [2.05, 4.69) is 28.3 Å². The maximum absolute atomic E-state index is 5.97. The third-order valence-corrected chi connectivity index (χ3v) is 4.59. The average molecular weight is 361 g/mol. The number of rotatable bonds is 4. The molecule has 3 aromatic rings. The minimum Gasteiger partial charge on any atom is -0.496 e. The summed E-state index contributed by atoms with van der Waals surface area (Å²) in [5.74, 6) is 2.12. The number of nitrogens with zero attached hydrogens (tertiary/aromatic N) is 3. The Kier molecular flexibility index (Phi) is 4.69. The molecular weight excluding hydrogens is 344 g/mol. The van der Waals surface area contributed by atoms with Gasteiger partial charge in [0.05, 0.1) is 12.8 Å². The van der Waals surface area contributed by atoms with E-state index in [1.165, 1.54) is 0 Å². The molecule has 1 aromatic carbocycles. The smallest absolute Gasteiger partial charge is 0.189 e. The van der Waals surface area contributed by atoms with Crippen LogP contribution in [0.5, 0.6) is 5.75 Å². The first-order valence-corrected chi connectivity index (χ1v) is 8.56. The number of benzene rings is 1. The molecule has 24 heavy (non-hydrogen) atoms. The number of ether oxygens (including phenoxy) is 1. The molecule has 0 aliphatic heterocycles. The molecule has 0 saturated carbocycles. The van der Waals surface area contributed by atoms with Crippen LogP contribution in [-0.2, 0) is 0 Å². The van der Waals surface area contributed by atoms with Gasteiger partial charge in [0.15, 0.2) is 5.13 Å². The Morgan fingerprint density at radius 2 is 1.88 bits per heavy atom. The van der Waals surface area contributed by atoms with E-state index < -0.39 is 0 Å². The topological polar surface area (TPSA) is 59.9 Å². The Morgan fingerprint density at radius 3 is 2.54 bits per heavy atom. The Morgan fingerprint density at radius 1 is 1.08 bits per heavy atom. The zero-order valence-electron chi connectivity index (χ0n) is 13.8. The van der Waals surface area contributed by atoms with Crippen molar-refractivity contribution in [3.63, 3.8) is 0 Å². The Hall–Kier alpha value is -2.18. The van der Waals surface area contributed by atoms with Crippen LogP contribution in [0.25, 0.3) is 11.3 Å². The third kappa shape index (κ3) is 3.49. The van der Waals surface area contributed by atoms with Gasteiger partial charge in [-0.1, -0.05) is 11.6 Å². The first kappa shape index (κ1) is 16.7. The molecule has 0 spiro atoms. The fraction of sp³-hybridized carbons (Fsp3) is 0.235. The van der Waals surface area contributed by atoms with Gasteiger partial charge in [-0.3, -0.25) is 0 Å². The number of hydrogen-bond acceptors (Lipinski definition) is 6. The van der Waals surface area contributed by atoms with Crippen LogP contribution in [0.1, 0.15) is 16.3 Å². The summed E-state index contributed by atoms with van der Waals surface area (Å²) in [7, 11) is 1.67. The van der Waals surface area contributed by atoms with Gasteiger partial charge in [-0.15, -0.1) is 11.3 Å².